The summed E-state index contributed by atoms with van der Waals surface area (Å²) in [6.45, 7) is 8.32. The van der Waals surface area contributed by atoms with Gasteiger partial charge in [0.2, 0.25) is 0 Å². The summed E-state index contributed by atoms with van der Waals surface area (Å²) in [5.41, 5.74) is 1.05. The molecule has 0 aliphatic heterocycles. The highest BCUT2D eigenvalue weighted by Gasteiger charge is 2.10. The zero-order chi connectivity index (χ0) is 13.9. The van der Waals surface area contributed by atoms with Crippen LogP contribution in [0.4, 0.5) is 0 Å². The minimum atomic E-state index is 0.200. The number of benzene rings is 1. The summed E-state index contributed by atoms with van der Waals surface area (Å²) < 4.78 is 11.3. The fourth-order valence-corrected chi connectivity index (χ4v) is 1.70. The second-order valence-corrected chi connectivity index (χ2v) is 4.03. The number of aliphatic hydroxyl groups excluding tert-OH is 1. The van der Waals surface area contributed by atoms with E-state index in [1.807, 2.05) is 25.1 Å². The number of rotatable bonds is 10. The van der Waals surface area contributed by atoms with Crippen molar-refractivity contribution in [3.63, 3.8) is 0 Å². The maximum absolute atomic E-state index is 8.75. The number of hydrogen-bond donors (Lipinski definition) is 2. The highest BCUT2D eigenvalue weighted by atomic mass is 16.5. The number of ether oxygens (including phenoxy) is 2. The lowest BCUT2D eigenvalue weighted by atomic mass is 10.2. The van der Waals surface area contributed by atoms with Crippen molar-refractivity contribution >= 4 is 0 Å². The van der Waals surface area contributed by atoms with Gasteiger partial charge >= 0.3 is 0 Å². The van der Waals surface area contributed by atoms with Crippen molar-refractivity contribution in [3.8, 4) is 11.5 Å². The van der Waals surface area contributed by atoms with Gasteiger partial charge in [0, 0.05) is 18.7 Å². The van der Waals surface area contributed by atoms with Crippen LogP contribution in [0, 0.1) is 0 Å². The van der Waals surface area contributed by atoms with Gasteiger partial charge in [-0.25, -0.2) is 0 Å². The summed E-state index contributed by atoms with van der Waals surface area (Å²) in [6, 6.07) is 5.86. The molecule has 0 heterocycles. The monoisotopic (exact) mass is 265 g/mol. The Bertz CT molecular complexity index is 380. The minimum absolute atomic E-state index is 0.200. The molecular formula is C15H23NO3. The number of hydrogen-bond acceptors (Lipinski definition) is 4. The first-order valence-electron chi connectivity index (χ1n) is 6.63. The molecule has 4 nitrogen and oxygen atoms in total. The van der Waals surface area contributed by atoms with Gasteiger partial charge < -0.3 is 19.9 Å². The average molecular weight is 265 g/mol. The fraction of sp³-hybridized carbons (Fsp3) is 0.467. The lowest BCUT2D eigenvalue weighted by Crippen LogP contribution is -2.16. The van der Waals surface area contributed by atoms with E-state index in [0.29, 0.717) is 19.8 Å². The molecular weight excluding hydrogens is 242 g/mol. The highest BCUT2D eigenvalue weighted by molar-refractivity contribution is 5.46. The molecule has 0 saturated heterocycles. The first kappa shape index (κ1) is 15.5. The van der Waals surface area contributed by atoms with Gasteiger partial charge in [0.1, 0.15) is 6.61 Å². The van der Waals surface area contributed by atoms with Gasteiger partial charge in [-0.2, -0.15) is 0 Å². The Morgan fingerprint density at radius 3 is 2.89 bits per heavy atom. The molecule has 0 aliphatic rings. The summed E-state index contributed by atoms with van der Waals surface area (Å²) >= 11 is 0. The molecule has 4 heteroatoms. The SMILES string of the molecule is C=CCOc1c(CNCCCO)cccc1OCC. The van der Waals surface area contributed by atoms with E-state index in [0.717, 1.165) is 30.0 Å². The quantitative estimate of drug-likeness (QED) is 0.502. The van der Waals surface area contributed by atoms with Gasteiger partial charge in [-0.3, -0.25) is 0 Å². The van der Waals surface area contributed by atoms with Crippen LogP contribution in [0.3, 0.4) is 0 Å². The zero-order valence-electron chi connectivity index (χ0n) is 11.5. The van der Waals surface area contributed by atoms with Gasteiger partial charge in [-0.05, 0) is 26.0 Å². The third-order valence-electron chi connectivity index (χ3n) is 2.53. The summed E-state index contributed by atoms with van der Waals surface area (Å²) in [6.07, 6.45) is 2.46. The highest BCUT2D eigenvalue weighted by Crippen LogP contribution is 2.31. The van der Waals surface area contributed by atoms with E-state index < -0.39 is 0 Å². The lowest BCUT2D eigenvalue weighted by Gasteiger charge is -2.15. The summed E-state index contributed by atoms with van der Waals surface area (Å²) in [5, 5.41) is 12.0. The second kappa shape index (κ2) is 9.42. The van der Waals surface area contributed by atoms with E-state index >= 15 is 0 Å². The summed E-state index contributed by atoms with van der Waals surface area (Å²) in [4.78, 5) is 0. The van der Waals surface area contributed by atoms with Crippen molar-refractivity contribution in [3.05, 3.63) is 36.4 Å². The Balaban J connectivity index is 2.75. The van der Waals surface area contributed by atoms with Crippen LogP contribution in [0.5, 0.6) is 11.5 Å². The molecule has 1 rings (SSSR count). The van der Waals surface area contributed by atoms with Crippen LogP contribution >= 0.6 is 0 Å². The van der Waals surface area contributed by atoms with E-state index in [1.54, 1.807) is 6.08 Å². The molecule has 0 radical (unpaired) electrons. The fourth-order valence-electron chi connectivity index (χ4n) is 1.70. The molecule has 0 aromatic heterocycles. The maximum atomic E-state index is 8.75. The molecule has 106 valence electrons. The Hall–Kier alpha value is -1.52. The predicted molar refractivity (Wildman–Crippen MR) is 76.7 cm³/mol. The number of aliphatic hydroxyl groups is 1. The number of nitrogens with one attached hydrogen (secondary N) is 1. The molecule has 1 aromatic carbocycles. The van der Waals surface area contributed by atoms with Crippen molar-refractivity contribution < 1.29 is 14.6 Å². The van der Waals surface area contributed by atoms with Crippen LogP contribution in [0.1, 0.15) is 18.9 Å². The summed E-state index contributed by atoms with van der Waals surface area (Å²) in [7, 11) is 0. The Morgan fingerprint density at radius 1 is 1.37 bits per heavy atom. The van der Waals surface area contributed by atoms with Crippen LogP contribution in [0.2, 0.25) is 0 Å². The molecule has 0 amide bonds. The van der Waals surface area contributed by atoms with Gasteiger partial charge in [-0.1, -0.05) is 24.8 Å². The van der Waals surface area contributed by atoms with Crippen LogP contribution in [0.25, 0.3) is 0 Å². The second-order valence-electron chi connectivity index (χ2n) is 4.03. The molecule has 0 atom stereocenters. The van der Waals surface area contributed by atoms with E-state index in [2.05, 4.69) is 11.9 Å². The first-order valence-corrected chi connectivity index (χ1v) is 6.63. The average Bonchev–Trinajstić information content (AvgIpc) is 2.43. The molecule has 1 aromatic rings. The minimum Gasteiger partial charge on any atom is -0.490 e. The van der Waals surface area contributed by atoms with E-state index in [4.69, 9.17) is 14.6 Å². The van der Waals surface area contributed by atoms with Crippen LogP contribution < -0.4 is 14.8 Å². The molecule has 2 N–H and O–H groups in total. The van der Waals surface area contributed by atoms with Crippen molar-refractivity contribution in [2.45, 2.75) is 19.9 Å². The molecule has 0 saturated carbocycles. The van der Waals surface area contributed by atoms with Crippen molar-refractivity contribution in [2.75, 3.05) is 26.4 Å². The van der Waals surface area contributed by atoms with Gasteiger partial charge in [0.25, 0.3) is 0 Å². The largest absolute Gasteiger partial charge is 0.490 e. The van der Waals surface area contributed by atoms with E-state index in [1.165, 1.54) is 0 Å². The van der Waals surface area contributed by atoms with Gasteiger partial charge in [0.15, 0.2) is 11.5 Å². The Kier molecular flexibility index (Phi) is 7.70. The molecule has 0 unspecified atom stereocenters. The number of para-hydroxylation sites is 1. The third kappa shape index (κ3) is 5.32. The molecule has 0 spiro atoms. The van der Waals surface area contributed by atoms with Crippen LogP contribution in [-0.2, 0) is 6.54 Å². The zero-order valence-corrected chi connectivity index (χ0v) is 11.5. The predicted octanol–water partition coefficient (Wildman–Crippen LogP) is 2.12. The molecule has 0 aliphatic carbocycles. The van der Waals surface area contributed by atoms with Crippen molar-refractivity contribution in [1.82, 2.24) is 5.32 Å². The Morgan fingerprint density at radius 2 is 2.21 bits per heavy atom. The van der Waals surface area contributed by atoms with Crippen LogP contribution in [-0.4, -0.2) is 31.5 Å². The smallest absolute Gasteiger partial charge is 0.166 e. The van der Waals surface area contributed by atoms with Crippen molar-refractivity contribution in [2.24, 2.45) is 0 Å². The Labute approximate surface area is 115 Å². The molecule has 0 fully saturated rings. The maximum Gasteiger partial charge on any atom is 0.166 e. The normalized spacial score (nSPS) is 10.2. The topological polar surface area (TPSA) is 50.7 Å². The van der Waals surface area contributed by atoms with Crippen LogP contribution in [0.15, 0.2) is 30.9 Å². The van der Waals surface area contributed by atoms with Crippen molar-refractivity contribution in [1.29, 1.82) is 0 Å². The summed E-state index contributed by atoms with van der Waals surface area (Å²) in [5.74, 6) is 1.52. The van der Waals surface area contributed by atoms with E-state index in [9.17, 15) is 0 Å². The molecule has 19 heavy (non-hydrogen) atoms. The van der Waals surface area contributed by atoms with Gasteiger partial charge in [0.05, 0.1) is 6.61 Å². The lowest BCUT2D eigenvalue weighted by molar-refractivity contribution is 0.284. The first-order chi connectivity index (χ1) is 9.33. The third-order valence-corrected chi connectivity index (χ3v) is 2.53. The molecule has 0 bridgehead atoms. The van der Waals surface area contributed by atoms with E-state index in [-0.39, 0.29) is 6.61 Å². The standard InChI is InChI=1S/C15H23NO3/c1-3-11-19-15-13(12-16-9-6-10-17)7-5-8-14(15)18-4-2/h3,5,7-8,16-17H,1,4,6,9-12H2,2H3. The van der Waals surface area contributed by atoms with Gasteiger partial charge in [-0.15, -0.1) is 0 Å².